The summed E-state index contributed by atoms with van der Waals surface area (Å²) < 4.78 is 33.7. The van der Waals surface area contributed by atoms with Crippen LogP contribution in [0.3, 0.4) is 0 Å². The van der Waals surface area contributed by atoms with E-state index in [0.717, 1.165) is 24.8 Å². The number of rotatable bonds is 5. The highest BCUT2D eigenvalue weighted by molar-refractivity contribution is 7.89. The van der Waals surface area contributed by atoms with Crippen LogP contribution in [0.25, 0.3) is 0 Å². The Bertz CT molecular complexity index is 598. The highest BCUT2D eigenvalue weighted by Gasteiger charge is 2.41. The topological polar surface area (TPSA) is 55.4 Å². The molecule has 1 aromatic carbocycles. The van der Waals surface area contributed by atoms with Crippen LogP contribution in [0.5, 0.6) is 0 Å². The van der Waals surface area contributed by atoms with E-state index in [2.05, 4.69) is 4.72 Å². The van der Waals surface area contributed by atoms with Gasteiger partial charge in [-0.15, -0.1) is 0 Å². The van der Waals surface area contributed by atoms with Gasteiger partial charge in [0.1, 0.15) is 0 Å². The van der Waals surface area contributed by atoms with Crippen molar-refractivity contribution in [2.45, 2.75) is 55.9 Å². The van der Waals surface area contributed by atoms with Crippen LogP contribution in [0.1, 0.15) is 45.6 Å². The van der Waals surface area contributed by atoms with Crippen molar-refractivity contribution in [1.82, 2.24) is 4.72 Å². The summed E-state index contributed by atoms with van der Waals surface area (Å²) in [6.45, 7) is 6.49. The molecule has 0 spiro atoms. The first kappa shape index (κ1) is 16.5. The van der Waals surface area contributed by atoms with E-state index in [1.807, 2.05) is 32.9 Å². The first-order valence-electron chi connectivity index (χ1n) is 7.33. The lowest BCUT2D eigenvalue weighted by molar-refractivity contribution is 0.0729. The lowest BCUT2D eigenvalue weighted by atomic mass is 9.78. The van der Waals surface area contributed by atoms with Crippen LogP contribution in [0.15, 0.2) is 29.2 Å². The first-order valence-corrected chi connectivity index (χ1v) is 8.81. The third-order valence-corrected chi connectivity index (χ3v) is 5.70. The summed E-state index contributed by atoms with van der Waals surface area (Å²) in [5.41, 5.74) is 0.183. The van der Waals surface area contributed by atoms with Crippen LogP contribution in [-0.4, -0.2) is 27.7 Å². The third kappa shape index (κ3) is 3.47. The summed E-state index contributed by atoms with van der Waals surface area (Å²) in [7, 11) is -1.94. The molecule has 1 fully saturated rings. The van der Waals surface area contributed by atoms with Gasteiger partial charge in [-0.3, -0.25) is 0 Å². The molecule has 0 atom stereocenters. The number of nitrogens with one attached hydrogen (secondary N) is 1. The lowest BCUT2D eigenvalue weighted by Crippen LogP contribution is -2.56. The largest absolute Gasteiger partial charge is 0.383 e. The Morgan fingerprint density at radius 2 is 1.86 bits per heavy atom. The fourth-order valence-corrected chi connectivity index (χ4v) is 4.68. The van der Waals surface area contributed by atoms with Gasteiger partial charge in [0.25, 0.3) is 0 Å². The lowest BCUT2D eigenvalue weighted by Gasteiger charge is -2.41. The summed E-state index contributed by atoms with van der Waals surface area (Å²) in [4.78, 5) is 0.375. The number of hydrogen-bond acceptors (Lipinski definition) is 3. The molecular weight excluding hydrogens is 286 g/mol. The molecule has 0 unspecified atom stereocenters. The SMILES string of the molecule is COCC1(NS(=O)(=O)c2ccccc2C(C)(C)C)CCC1. The van der Waals surface area contributed by atoms with E-state index in [9.17, 15) is 8.42 Å². The molecule has 5 heteroatoms. The highest BCUT2D eigenvalue weighted by atomic mass is 32.2. The molecule has 0 saturated heterocycles. The Labute approximate surface area is 127 Å². The summed E-state index contributed by atoms with van der Waals surface area (Å²) in [5, 5.41) is 0. The zero-order valence-electron chi connectivity index (χ0n) is 13.3. The minimum atomic E-state index is -3.54. The molecule has 0 radical (unpaired) electrons. The van der Waals surface area contributed by atoms with Crippen LogP contribution >= 0.6 is 0 Å². The van der Waals surface area contributed by atoms with Crippen molar-refractivity contribution in [2.75, 3.05) is 13.7 Å². The number of ether oxygens (including phenoxy) is 1. The Morgan fingerprint density at radius 1 is 1.24 bits per heavy atom. The molecule has 21 heavy (non-hydrogen) atoms. The minimum absolute atomic E-state index is 0.223. The van der Waals surface area contributed by atoms with Gasteiger partial charge < -0.3 is 4.74 Å². The molecule has 2 rings (SSSR count). The van der Waals surface area contributed by atoms with E-state index >= 15 is 0 Å². The second-order valence-electron chi connectivity index (χ2n) is 6.92. The molecule has 118 valence electrons. The fourth-order valence-electron chi connectivity index (χ4n) is 2.82. The number of hydrogen-bond donors (Lipinski definition) is 1. The number of methoxy groups -OCH3 is 1. The molecule has 1 aromatic rings. The Balaban J connectivity index is 2.37. The summed E-state index contributed by atoms with van der Waals surface area (Å²) in [6.07, 6.45) is 2.70. The molecule has 4 nitrogen and oxygen atoms in total. The smallest absolute Gasteiger partial charge is 0.241 e. The van der Waals surface area contributed by atoms with E-state index < -0.39 is 15.6 Å². The van der Waals surface area contributed by atoms with Gasteiger partial charge in [-0.25, -0.2) is 13.1 Å². The van der Waals surface area contributed by atoms with Crippen molar-refractivity contribution in [1.29, 1.82) is 0 Å². The van der Waals surface area contributed by atoms with E-state index in [0.29, 0.717) is 11.5 Å². The summed E-state index contributed by atoms with van der Waals surface area (Å²) in [6, 6.07) is 7.22. The average Bonchev–Trinajstić information content (AvgIpc) is 2.35. The maximum absolute atomic E-state index is 12.8. The van der Waals surface area contributed by atoms with Gasteiger partial charge in [0.2, 0.25) is 10.0 Å². The van der Waals surface area contributed by atoms with Crippen LogP contribution < -0.4 is 4.72 Å². The molecule has 1 N–H and O–H groups in total. The Morgan fingerprint density at radius 3 is 2.33 bits per heavy atom. The fraction of sp³-hybridized carbons (Fsp3) is 0.625. The normalized spacial score (nSPS) is 18.3. The van der Waals surface area contributed by atoms with Crippen molar-refractivity contribution in [3.05, 3.63) is 29.8 Å². The van der Waals surface area contributed by atoms with Gasteiger partial charge in [-0.1, -0.05) is 39.0 Å². The average molecular weight is 311 g/mol. The van der Waals surface area contributed by atoms with E-state index in [-0.39, 0.29) is 5.41 Å². The second-order valence-corrected chi connectivity index (χ2v) is 8.57. The monoisotopic (exact) mass is 311 g/mol. The molecule has 1 saturated carbocycles. The van der Waals surface area contributed by atoms with Crippen molar-refractivity contribution < 1.29 is 13.2 Å². The van der Waals surface area contributed by atoms with Crippen molar-refractivity contribution in [3.8, 4) is 0 Å². The standard InChI is InChI=1S/C16H25NO3S/c1-15(2,3)13-8-5-6-9-14(13)21(18,19)17-16(12-20-4)10-7-11-16/h5-6,8-9,17H,7,10-12H2,1-4H3. The molecule has 0 amide bonds. The van der Waals surface area contributed by atoms with Gasteiger partial charge in [-0.2, -0.15) is 0 Å². The zero-order chi connectivity index (χ0) is 15.7. The van der Waals surface area contributed by atoms with E-state index in [4.69, 9.17) is 4.74 Å². The number of benzene rings is 1. The van der Waals surface area contributed by atoms with Gasteiger partial charge in [-0.05, 0) is 36.3 Å². The van der Waals surface area contributed by atoms with Crippen molar-refractivity contribution in [3.63, 3.8) is 0 Å². The van der Waals surface area contributed by atoms with E-state index in [1.54, 1.807) is 19.2 Å². The third-order valence-electron chi connectivity index (χ3n) is 4.07. The zero-order valence-corrected chi connectivity index (χ0v) is 14.1. The molecule has 0 aliphatic heterocycles. The molecular formula is C16H25NO3S. The molecule has 1 aliphatic rings. The van der Waals surface area contributed by atoms with Gasteiger partial charge in [0, 0.05) is 7.11 Å². The summed E-state index contributed by atoms with van der Waals surface area (Å²) in [5.74, 6) is 0. The molecule has 1 aliphatic carbocycles. The quantitative estimate of drug-likeness (QED) is 0.909. The van der Waals surface area contributed by atoms with Crippen LogP contribution in [0.2, 0.25) is 0 Å². The maximum Gasteiger partial charge on any atom is 0.241 e. The first-order chi connectivity index (χ1) is 9.70. The maximum atomic E-state index is 12.8. The second kappa shape index (κ2) is 5.71. The highest BCUT2D eigenvalue weighted by Crippen LogP contribution is 2.35. The van der Waals surface area contributed by atoms with E-state index in [1.165, 1.54) is 0 Å². The molecule has 0 heterocycles. The Kier molecular flexibility index (Phi) is 4.47. The van der Waals surface area contributed by atoms with Gasteiger partial charge >= 0.3 is 0 Å². The predicted molar refractivity (Wildman–Crippen MR) is 83.9 cm³/mol. The van der Waals surface area contributed by atoms with Crippen LogP contribution in [-0.2, 0) is 20.2 Å². The van der Waals surface area contributed by atoms with Crippen molar-refractivity contribution in [2.24, 2.45) is 0 Å². The van der Waals surface area contributed by atoms with Gasteiger partial charge in [0.15, 0.2) is 0 Å². The predicted octanol–water partition coefficient (Wildman–Crippen LogP) is 2.83. The molecule has 0 bridgehead atoms. The van der Waals surface area contributed by atoms with Gasteiger partial charge in [0.05, 0.1) is 17.0 Å². The number of sulfonamides is 1. The van der Waals surface area contributed by atoms with Crippen LogP contribution in [0.4, 0.5) is 0 Å². The Hall–Kier alpha value is -0.910. The van der Waals surface area contributed by atoms with Crippen molar-refractivity contribution >= 4 is 10.0 Å². The minimum Gasteiger partial charge on any atom is -0.383 e. The van der Waals surface area contributed by atoms with Crippen LogP contribution in [0, 0.1) is 0 Å². The summed E-state index contributed by atoms with van der Waals surface area (Å²) >= 11 is 0. The molecule has 0 aromatic heterocycles.